The van der Waals surface area contributed by atoms with Gasteiger partial charge in [-0.25, -0.2) is 13.2 Å². The number of hydrogen-bond acceptors (Lipinski definition) is 5. The summed E-state index contributed by atoms with van der Waals surface area (Å²) < 4.78 is 32.5. The van der Waals surface area contributed by atoms with E-state index in [2.05, 4.69) is 5.32 Å². The molecule has 0 radical (unpaired) electrons. The molecule has 0 aliphatic carbocycles. The lowest BCUT2D eigenvalue weighted by Gasteiger charge is -2.31. The number of fused-ring (bicyclic) bond motifs is 1. The number of carbonyl (C=O) groups is 1. The highest BCUT2D eigenvalue weighted by atomic mass is 35.5. The van der Waals surface area contributed by atoms with Crippen LogP contribution in [0.5, 0.6) is 0 Å². The summed E-state index contributed by atoms with van der Waals surface area (Å²) in [6.45, 7) is 2.27. The van der Waals surface area contributed by atoms with Crippen LogP contribution >= 0.6 is 11.6 Å². The van der Waals surface area contributed by atoms with Crippen LogP contribution in [0.15, 0.2) is 62.6 Å². The Morgan fingerprint density at radius 3 is 2.65 bits per heavy atom. The van der Waals surface area contributed by atoms with Crippen molar-refractivity contribution in [3.8, 4) is 0 Å². The van der Waals surface area contributed by atoms with Gasteiger partial charge >= 0.3 is 5.63 Å². The number of amides is 1. The molecule has 0 saturated carbocycles. The number of nitrogens with zero attached hydrogens (tertiary/aromatic N) is 1. The number of carbonyl (C=O) groups excluding carboxylic acids is 1. The lowest BCUT2D eigenvalue weighted by molar-refractivity contribution is -0.120. The second-order valence-corrected chi connectivity index (χ2v) is 9.98. The monoisotopic (exact) mass is 460 g/mol. The van der Waals surface area contributed by atoms with Gasteiger partial charge in [0, 0.05) is 41.3 Å². The molecule has 1 unspecified atom stereocenters. The average Bonchev–Trinajstić information content (AvgIpc) is 2.73. The first-order valence-electron chi connectivity index (χ1n) is 9.85. The van der Waals surface area contributed by atoms with Crippen LogP contribution in [0.25, 0.3) is 11.0 Å². The van der Waals surface area contributed by atoms with E-state index in [0.29, 0.717) is 35.7 Å². The van der Waals surface area contributed by atoms with E-state index in [1.54, 1.807) is 18.2 Å². The third-order valence-corrected chi connectivity index (χ3v) is 7.56. The van der Waals surface area contributed by atoms with Gasteiger partial charge in [0.25, 0.3) is 0 Å². The van der Waals surface area contributed by atoms with Gasteiger partial charge in [0.1, 0.15) is 5.58 Å². The maximum absolute atomic E-state index is 12.9. The number of rotatable bonds is 4. The largest absolute Gasteiger partial charge is 0.423 e. The van der Waals surface area contributed by atoms with Crippen molar-refractivity contribution >= 4 is 44.2 Å². The number of piperidine rings is 1. The second kappa shape index (κ2) is 8.45. The standard InChI is InChI=1S/C22H21ClN2O5S/c1-14-11-21(26)30-20-12-17(6-9-19(14)20)24-22(27)15-3-2-10-25(13-15)31(28,29)18-7-4-16(23)5-8-18/h4-9,11-12,15H,2-3,10,13H2,1H3,(H,24,27). The molecule has 2 aromatic carbocycles. The summed E-state index contributed by atoms with van der Waals surface area (Å²) in [5.74, 6) is -0.763. The fourth-order valence-electron chi connectivity index (χ4n) is 3.78. The Balaban J connectivity index is 1.51. The molecule has 0 bridgehead atoms. The van der Waals surface area contributed by atoms with E-state index >= 15 is 0 Å². The highest BCUT2D eigenvalue weighted by Gasteiger charge is 2.33. The summed E-state index contributed by atoms with van der Waals surface area (Å²) >= 11 is 5.86. The molecule has 1 aromatic heterocycles. The number of nitrogens with one attached hydrogen (secondary N) is 1. The maximum Gasteiger partial charge on any atom is 0.336 e. The van der Waals surface area contributed by atoms with Crippen molar-refractivity contribution in [2.45, 2.75) is 24.7 Å². The van der Waals surface area contributed by atoms with E-state index in [9.17, 15) is 18.0 Å². The molecule has 4 rings (SSSR count). The number of benzene rings is 2. The molecule has 1 fully saturated rings. The Morgan fingerprint density at radius 1 is 1.16 bits per heavy atom. The Morgan fingerprint density at radius 2 is 1.90 bits per heavy atom. The predicted octanol–water partition coefficient (Wildman–Crippen LogP) is 3.79. The van der Waals surface area contributed by atoms with E-state index in [1.807, 2.05) is 6.92 Å². The molecule has 1 amide bonds. The van der Waals surface area contributed by atoms with Gasteiger partial charge in [-0.15, -0.1) is 0 Å². The van der Waals surface area contributed by atoms with Crippen molar-refractivity contribution in [1.82, 2.24) is 4.31 Å². The SMILES string of the molecule is Cc1cc(=O)oc2cc(NC(=O)C3CCCN(S(=O)(=O)c4ccc(Cl)cc4)C3)ccc12. The summed E-state index contributed by atoms with van der Waals surface area (Å²) in [7, 11) is -3.71. The maximum atomic E-state index is 12.9. The van der Waals surface area contributed by atoms with Gasteiger partial charge in [0.05, 0.1) is 10.8 Å². The van der Waals surface area contributed by atoms with Crippen LogP contribution in [-0.2, 0) is 14.8 Å². The Kier molecular flexibility index (Phi) is 5.88. The number of anilines is 1. The summed E-state index contributed by atoms with van der Waals surface area (Å²) in [5, 5.41) is 4.06. The minimum Gasteiger partial charge on any atom is -0.423 e. The Bertz CT molecular complexity index is 1300. The second-order valence-electron chi connectivity index (χ2n) is 7.60. The first kappa shape index (κ1) is 21.5. The molecule has 0 spiro atoms. The summed E-state index contributed by atoms with van der Waals surface area (Å²) in [4.78, 5) is 24.6. The Hall–Kier alpha value is -2.68. The van der Waals surface area contributed by atoms with Crippen LogP contribution in [0.4, 0.5) is 5.69 Å². The smallest absolute Gasteiger partial charge is 0.336 e. The van der Waals surface area contributed by atoms with Crippen LogP contribution in [0.2, 0.25) is 5.02 Å². The topological polar surface area (TPSA) is 96.7 Å². The zero-order chi connectivity index (χ0) is 22.2. The Labute approximate surface area is 184 Å². The van der Waals surface area contributed by atoms with Gasteiger partial charge in [-0.05, 0) is 61.7 Å². The lowest BCUT2D eigenvalue weighted by Crippen LogP contribution is -2.43. The van der Waals surface area contributed by atoms with Crippen molar-refractivity contribution in [1.29, 1.82) is 0 Å². The van der Waals surface area contributed by atoms with E-state index in [-0.39, 0.29) is 17.3 Å². The zero-order valence-corrected chi connectivity index (χ0v) is 18.4. The predicted molar refractivity (Wildman–Crippen MR) is 119 cm³/mol. The van der Waals surface area contributed by atoms with Crippen molar-refractivity contribution < 1.29 is 17.6 Å². The van der Waals surface area contributed by atoms with Gasteiger partial charge < -0.3 is 9.73 Å². The molecule has 7 nitrogen and oxygen atoms in total. The van der Waals surface area contributed by atoms with Crippen molar-refractivity contribution in [2.75, 3.05) is 18.4 Å². The molecule has 1 aliphatic heterocycles. The van der Waals surface area contributed by atoms with E-state index in [1.165, 1.54) is 34.6 Å². The van der Waals surface area contributed by atoms with Gasteiger partial charge in [0.15, 0.2) is 0 Å². The first-order chi connectivity index (χ1) is 14.7. The van der Waals surface area contributed by atoms with Crippen LogP contribution in [-0.4, -0.2) is 31.7 Å². The minimum atomic E-state index is -3.71. The van der Waals surface area contributed by atoms with E-state index < -0.39 is 21.6 Å². The fraction of sp³-hybridized carbons (Fsp3) is 0.273. The van der Waals surface area contributed by atoms with Crippen molar-refractivity contribution in [3.05, 3.63) is 69.5 Å². The third kappa shape index (κ3) is 4.51. The van der Waals surface area contributed by atoms with Gasteiger partial charge in [0.2, 0.25) is 15.9 Å². The van der Waals surface area contributed by atoms with Crippen LogP contribution in [0, 0.1) is 12.8 Å². The van der Waals surface area contributed by atoms with E-state index in [4.69, 9.17) is 16.0 Å². The number of hydrogen-bond donors (Lipinski definition) is 1. The lowest BCUT2D eigenvalue weighted by atomic mass is 9.98. The molecule has 2 heterocycles. The van der Waals surface area contributed by atoms with Gasteiger partial charge in [-0.3, -0.25) is 4.79 Å². The molecule has 1 N–H and O–H groups in total. The molecule has 1 aliphatic rings. The van der Waals surface area contributed by atoms with E-state index in [0.717, 1.165) is 10.9 Å². The molecule has 31 heavy (non-hydrogen) atoms. The molecule has 1 atom stereocenters. The molecular formula is C22H21ClN2O5S. The normalized spacial score (nSPS) is 17.5. The summed E-state index contributed by atoms with van der Waals surface area (Å²) in [6, 6.07) is 12.5. The highest BCUT2D eigenvalue weighted by Crippen LogP contribution is 2.26. The molecule has 9 heteroatoms. The molecule has 3 aromatic rings. The van der Waals surface area contributed by atoms with Crippen molar-refractivity contribution in [2.24, 2.45) is 5.92 Å². The number of sulfonamides is 1. The first-order valence-corrected chi connectivity index (χ1v) is 11.7. The minimum absolute atomic E-state index is 0.0958. The van der Waals surface area contributed by atoms with Crippen LogP contribution in [0.3, 0.4) is 0 Å². The average molecular weight is 461 g/mol. The van der Waals surface area contributed by atoms with Gasteiger partial charge in [-0.2, -0.15) is 4.31 Å². The third-order valence-electron chi connectivity index (χ3n) is 5.43. The van der Waals surface area contributed by atoms with Crippen LogP contribution in [0.1, 0.15) is 18.4 Å². The summed E-state index contributed by atoms with van der Waals surface area (Å²) in [5.41, 5.74) is 1.21. The quantitative estimate of drug-likeness (QED) is 0.597. The molecule has 162 valence electrons. The number of aryl methyl sites for hydroxylation is 1. The molecule has 1 saturated heterocycles. The molecular weight excluding hydrogens is 440 g/mol. The fourth-order valence-corrected chi connectivity index (χ4v) is 5.43. The number of halogens is 1. The van der Waals surface area contributed by atoms with Crippen LogP contribution < -0.4 is 10.9 Å². The van der Waals surface area contributed by atoms with Crippen molar-refractivity contribution in [3.63, 3.8) is 0 Å². The van der Waals surface area contributed by atoms with Gasteiger partial charge in [-0.1, -0.05) is 11.6 Å². The zero-order valence-electron chi connectivity index (χ0n) is 16.8. The summed E-state index contributed by atoms with van der Waals surface area (Å²) in [6.07, 6.45) is 1.16. The highest BCUT2D eigenvalue weighted by molar-refractivity contribution is 7.89.